The molecule has 0 radical (unpaired) electrons. The maximum absolute atomic E-state index is 12.5. The molecule has 0 bridgehead atoms. The summed E-state index contributed by atoms with van der Waals surface area (Å²) in [6.45, 7) is 3.03. The van der Waals surface area contributed by atoms with Gasteiger partial charge in [0, 0.05) is 11.3 Å². The Morgan fingerprint density at radius 2 is 1.50 bits per heavy atom. The lowest BCUT2D eigenvalue weighted by molar-refractivity contribution is 0.0771. The average molecular weight is 534 g/mol. The number of nitrogen functional groups attached to an aromatic ring is 1. The van der Waals surface area contributed by atoms with Gasteiger partial charge in [-0.05, 0) is 54.8 Å². The second kappa shape index (κ2) is 7.91. The molecule has 2 atom stereocenters. The number of hydrogen-bond acceptors (Lipinski definition) is 10. The minimum absolute atomic E-state index is 0.126. The summed E-state index contributed by atoms with van der Waals surface area (Å²) < 4.78 is 103. The van der Waals surface area contributed by atoms with Crippen molar-refractivity contribution in [3.05, 3.63) is 58.7 Å². The topological polar surface area (TPSA) is 234 Å². The Morgan fingerprint density at radius 1 is 0.912 bits per heavy atom. The molecular formula is C18H19N3O10S3. The lowest BCUT2D eigenvalue weighted by Gasteiger charge is -2.40. The maximum Gasteiger partial charge on any atom is 0.303 e. The predicted molar refractivity (Wildman–Crippen MR) is 120 cm³/mol. The van der Waals surface area contributed by atoms with Crippen LogP contribution in [0.5, 0.6) is 0 Å². The highest BCUT2D eigenvalue weighted by atomic mass is 32.2. The molecule has 2 aromatic carbocycles. The van der Waals surface area contributed by atoms with Crippen molar-refractivity contribution in [2.45, 2.75) is 28.5 Å². The number of fused-ring (bicyclic) bond motifs is 1. The van der Waals surface area contributed by atoms with Gasteiger partial charge in [0.05, 0.1) is 0 Å². The van der Waals surface area contributed by atoms with E-state index in [-0.39, 0.29) is 5.56 Å². The lowest BCUT2D eigenvalue weighted by Crippen LogP contribution is -2.60. The van der Waals surface area contributed by atoms with E-state index in [2.05, 4.69) is 10.2 Å². The molecule has 0 spiro atoms. The summed E-state index contributed by atoms with van der Waals surface area (Å²) in [5.74, 6) is 0. The lowest BCUT2D eigenvalue weighted by atomic mass is 9.89. The van der Waals surface area contributed by atoms with Gasteiger partial charge in [-0.3, -0.25) is 13.7 Å². The van der Waals surface area contributed by atoms with E-state index in [9.17, 15) is 44.0 Å². The molecule has 0 fully saturated rings. The number of benzene rings is 2. The summed E-state index contributed by atoms with van der Waals surface area (Å²) in [7, 11) is -16.6. The molecule has 184 valence electrons. The molecule has 0 heterocycles. The molecule has 6 N–H and O–H groups in total. The van der Waals surface area contributed by atoms with Crippen LogP contribution in [-0.4, -0.2) is 48.9 Å². The molecule has 1 aliphatic rings. The smallest absolute Gasteiger partial charge is 0.303 e. The largest absolute Gasteiger partial charge is 0.398 e. The van der Waals surface area contributed by atoms with Crippen molar-refractivity contribution in [2.24, 2.45) is 10.2 Å². The Balaban J connectivity index is 2.47. The Morgan fingerprint density at radius 3 is 2.03 bits per heavy atom. The third-order valence-electron chi connectivity index (χ3n) is 5.37. The quantitative estimate of drug-likeness (QED) is 0.210. The van der Waals surface area contributed by atoms with E-state index < -0.39 is 62.0 Å². The molecule has 2 aromatic rings. The van der Waals surface area contributed by atoms with E-state index >= 15 is 0 Å². The molecule has 0 aliphatic heterocycles. The first-order valence-electron chi connectivity index (χ1n) is 9.13. The van der Waals surface area contributed by atoms with Crippen LogP contribution in [0.2, 0.25) is 0 Å². The minimum atomic E-state index is -5.85. The molecule has 0 amide bonds. The number of nitrogens with two attached hydrogens (primary N) is 1. The molecule has 16 heteroatoms. The number of rotatable bonds is 5. The summed E-state index contributed by atoms with van der Waals surface area (Å²) >= 11 is 0. The Labute approximate surface area is 194 Å². The number of anilines is 1. The Hall–Kier alpha value is -2.73. The summed E-state index contributed by atoms with van der Waals surface area (Å²) in [6.07, 6.45) is 1.41. The number of azo groups is 1. The van der Waals surface area contributed by atoms with Crippen LogP contribution in [0.4, 0.5) is 11.4 Å². The fraction of sp³-hybridized carbons (Fsp3) is 0.222. The van der Waals surface area contributed by atoms with Gasteiger partial charge in [-0.25, -0.2) is 0 Å². The first-order valence-corrected chi connectivity index (χ1v) is 13.4. The van der Waals surface area contributed by atoms with Gasteiger partial charge in [0.15, 0.2) is 0 Å². The summed E-state index contributed by atoms with van der Waals surface area (Å²) in [5.41, 5.74) is 4.52. The van der Waals surface area contributed by atoms with Crippen molar-refractivity contribution in [3.63, 3.8) is 0 Å². The van der Waals surface area contributed by atoms with Crippen LogP contribution < -0.4 is 5.73 Å². The maximum atomic E-state index is 12.5. The van der Waals surface area contributed by atoms with E-state index in [0.717, 1.165) is 24.3 Å². The summed E-state index contributed by atoms with van der Waals surface area (Å²) in [4.78, 5) is -8.37. The molecule has 0 saturated heterocycles. The van der Waals surface area contributed by atoms with Gasteiger partial charge in [0.2, 0.25) is 0 Å². The van der Waals surface area contributed by atoms with Gasteiger partial charge in [-0.2, -0.15) is 35.5 Å². The SMILES string of the molecule is Cc1cc(N=NC2(S(=O)(=O)O)C=Cc3cccc(N)c3C2(O)S(=O)(=O)O)c(S(=O)(=O)O)cc1C. The van der Waals surface area contributed by atoms with Gasteiger partial charge in [0.1, 0.15) is 10.6 Å². The molecule has 0 aromatic heterocycles. The molecular weight excluding hydrogens is 514 g/mol. The Bertz CT molecular complexity index is 1580. The molecule has 2 unspecified atom stereocenters. The summed E-state index contributed by atoms with van der Waals surface area (Å²) in [5, 5.41) is 18.1. The molecule has 1 aliphatic carbocycles. The van der Waals surface area contributed by atoms with Crippen LogP contribution in [0.15, 0.2) is 51.5 Å². The second-order valence-electron chi connectivity index (χ2n) is 7.51. The summed E-state index contributed by atoms with van der Waals surface area (Å²) in [6, 6.07) is 5.76. The van der Waals surface area contributed by atoms with Crippen molar-refractivity contribution < 1.29 is 44.0 Å². The third-order valence-corrected chi connectivity index (χ3v) is 8.94. The average Bonchev–Trinajstić information content (AvgIpc) is 2.67. The zero-order chi connectivity index (χ0) is 25.9. The highest BCUT2D eigenvalue weighted by Gasteiger charge is 2.70. The number of aryl methyl sites for hydroxylation is 2. The third kappa shape index (κ3) is 3.82. The predicted octanol–water partition coefficient (Wildman–Crippen LogP) is 1.56. The first-order chi connectivity index (χ1) is 15.4. The van der Waals surface area contributed by atoms with E-state index in [4.69, 9.17) is 5.73 Å². The molecule has 13 nitrogen and oxygen atoms in total. The van der Waals surface area contributed by atoms with Gasteiger partial charge in [-0.1, -0.05) is 18.2 Å². The molecule has 34 heavy (non-hydrogen) atoms. The van der Waals surface area contributed by atoms with E-state index in [1.54, 1.807) is 0 Å². The number of nitrogens with zero attached hydrogens (tertiary/aromatic N) is 2. The zero-order valence-electron chi connectivity index (χ0n) is 17.5. The monoisotopic (exact) mass is 533 g/mol. The van der Waals surface area contributed by atoms with Crippen molar-refractivity contribution in [3.8, 4) is 0 Å². The van der Waals surface area contributed by atoms with Crippen molar-refractivity contribution >= 4 is 47.8 Å². The van der Waals surface area contributed by atoms with Crippen LogP contribution in [-0.2, 0) is 35.3 Å². The van der Waals surface area contributed by atoms with Gasteiger partial charge in [0.25, 0.3) is 19.9 Å². The fourth-order valence-electron chi connectivity index (χ4n) is 3.53. The molecule has 0 saturated carbocycles. The van der Waals surface area contributed by atoms with E-state index in [0.29, 0.717) is 17.2 Å². The van der Waals surface area contributed by atoms with E-state index in [1.807, 2.05) is 0 Å². The number of aliphatic hydroxyl groups is 1. The van der Waals surface area contributed by atoms with E-state index in [1.165, 1.54) is 26.0 Å². The van der Waals surface area contributed by atoms with Crippen LogP contribution in [0.25, 0.3) is 6.08 Å². The van der Waals surface area contributed by atoms with Crippen molar-refractivity contribution in [2.75, 3.05) is 5.73 Å². The first kappa shape index (κ1) is 25.9. The number of hydrogen-bond donors (Lipinski definition) is 5. The zero-order valence-corrected chi connectivity index (χ0v) is 19.9. The fourth-order valence-corrected chi connectivity index (χ4v) is 6.66. The second-order valence-corrected chi connectivity index (χ2v) is 12.0. The molecule has 3 rings (SSSR count). The van der Waals surface area contributed by atoms with Gasteiger partial charge in [-0.15, -0.1) is 0 Å². The van der Waals surface area contributed by atoms with Crippen LogP contribution in [0.1, 0.15) is 22.3 Å². The minimum Gasteiger partial charge on any atom is -0.398 e. The highest BCUT2D eigenvalue weighted by molar-refractivity contribution is 7.91. The standard InChI is InChI=1S/C18H19N3O10S3/c1-10-8-14(15(9-11(10)2)32(23,24)25)20-21-17(33(26,27)28)7-6-12-4-3-5-13(19)16(12)18(17,22)34(29,30)31/h3-9,22H,19H2,1-2H3,(H,23,24,25)(H,26,27,28)(H,29,30,31). The van der Waals surface area contributed by atoms with Gasteiger partial charge < -0.3 is 10.8 Å². The highest BCUT2D eigenvalue weighted by Crippen LogP contribution is 2.51. The van der Waals surface area contributed by atoms with Crippen molar-refractivity contribution in [1.29, 1.82) is 0 Å². The normalized spacial score (nSPS) is 23.2. The van der Waals surface area contributed by atoms with Crippen molar-refractivity contribution in [1.82, 2.24) is 0 Å². The van der Waals surface area contributed by atoms with Crippen LogP contribution in [0.3, 0.4) is 0 Å². The van der Waals surface area contributed by atoms with Gasteiger partial charge >= 0.3 is 20.2 Å². The van der Waals surface area contributed by atoms with Crippen LogP contribution >= 0.6 is 0 Å². The Kier molecular flexibility index (Phi) is 6.02. The van der Waals surface area contributed by atoms with Crippen LogP contribution in [0, 0.1) is 13.8 Å².